The van der Waals surface area contributed by atoms with E-state index in [9.17, 15) is 32.9 Å². The van der Waals surface area contributed by atoms with Crippen molar-refractivity contribution in [2.45, 2.75) is 25.9 Å². The van der Waals surface area contributed by atoms with Gasteiger partial charge in [0, 0.05) is 17.3 Å². The van der Waals surface area contributed by atoms with Crippen LogP contribution in [0.4, 0.5) is 13.2 Å². The number of hydrogen-bond acceptors (Lipinski definition) is 6. The molecule has 1 N–H and O–H groups in total. The van der Waals surface area contributed by atoms with Crippen LogP contribution in [0, 0.1) is 16.0 Å². The topological polar surface area (TPSA) is 98.5 Å². The Bertz CT molecular complexity index is 1170. The second-order valence-corrected chi connectivity index (χ2v) is 7.51. The third-order valence-corrected chi connectivity index (χ3v) is 5.36. The van der Waals surface area contributed by atoms with Gasteiger partial charge < -0.3 is 10.1 Å². The number of allylic oxidation sites excluding steroid dienone is 3. The smallest absolute Gasteiger partial charge is 0.416 e. The van der Waals surface area contributed by atoms with E-state index in [0.717, 1.165) is 24.3 Å². The summed E-state index contributed by atoms with van der Waals surface area (Å²) < 4.78 is 46.6. The molecular formula is C24H21F3N2O5. The Labute approximate surface area is 193 Å². The van der Waals surface area contributed by atoms with E-state index in [4.69, 9.17) is 4.74 Å². The van der Waals surface area contributed by atoms with Crippen molar-refractivity contribution in [1.82, 2.24) is 5.32 Å². The predicted molar refractivity (Wildman–Crippen MR) is 116 cm³/mol. The summed E-state index contributed by atoms with van der Waals surface area (Å²) in [6.07, 6.45) is -3.76. The first-order valence-electron chi connectivity index (χ1n) is 10.3. The lowest BCUT2D eigenvalue weighted by molar-refractivity contribution is -0.433. The number of alkyl halides is 3. The number of carbonyl (C=O) groups is 2. The summed E-state index contributed by atoms with van der Waals surface area (Å²) in [6.45, 7) is 2.70. The molecule has 0 fully saturated rings. The molecule has 178 valence electrons. The van der Waals surface area contributed by atoms with Crippen molar-refractivity contribution >= 4 is 11.8 Å². The first kappa shape index (κ1) is 24.7. The highest BCUT2D eigenvalue weighted by atomic mass is 19.4. The van der Waals surface area contributed by atoms with Gasteiger partial charge in [0.15, 0.2) is 5.78 Å². The summed E-state index contributed by atoms with van der Waals surface area (Å²) in [5.74, 6) is -4.75. The lowest BCUT2D eigenvalue weighted by Crippen LogP contribution is -2.40. The minimum absolute atomic E-state index is 0.0837. The summed E-state index contributed by atoms with van der Waals surface area (Å²) in [5.41, 5.74) is -2.08. The molecule has 0 radical (unpaired) electrons. The molecule has 0 saturated heterocycles. The third-order valence-electron chi connectivity index (χ3n) is 5.36. The van der Waals surface area contributed by atoms with Crippen molar-refractivity contribution in [1.29, 1.82) is 0 Å². The molecule has 0 amide bonds. The summed E-state index contributed by atoms with van der Waals surface area (Å²) in [5, 5.41) is 14.7. The molecule has 1 heterocycles. The number of esters is 1. The fourth-order valence-corrected chi connectivity index (χ4v) is 3.98. The SMILES string of the molecule is CCOC(=O)[C@@H]1C(=CC(=O)c2ccccc2)NC(C)=C([N+](=O)[O-])[C@H]1c1ccccc1C(F)(F)F. The van der Waals surface area contributed by atoms with Gasteiger partial charge in [-0.25, -0.2) is 0 Å². The monoisotopic (exact) mass is 474 g/mol. The molecule has 2 aromatic carbocycles. The van der Waals surface area contributed by atoms with Crippen molar-refractivity contribution in [2.24, 2.45) is 5.92 Å². The zero-order valence-electron chi connectivity index (χ0n) is 18.3. The highest BCUT2D eigenvalue weighted by molar-refractivity contribution is 6.05. The Balaban J connectivity index is 2.28. The van der Waals surface area contributed by atoms with Crippen LogP contribution in [0.5, 0.6) is 0 Å². The van der Waals surface area contributed by atoms with E-state index in [1.165, 1.54) is 32.0 Å². The molecule has 0 aliphatic carbocycles. The van der Waals surface area contributed by atoms with Crippen LogP contribution in [-0.4, -0.2) is 23.3 Å². The van der Waals surface area contributed by atoms with Crippen LogP contribution >= 0.6 is 0 Å². The molecule has 0 bridgehead atoms. The van der Waals surface area contributed by atoms with Gasteiger partial charge >= 0.3 is 12.1 Å². The van der Waals surface area contributed by atoms with Gasteiger partial charge in [-0.1, -0.05) is 48.5 Å². The average molecular weight is 474 g/mol. The maximum atomic E-state index is 13.8. The first-order chi connectivity index (χ1) is 16.1. The number of nitro groups is 1. The fraction of sp³-hybridized carbons (Fsp3) is 0.250. The molecule has 1 aliphatic rings. The Hall–Kier alpha value is -3.95. The number of hydrogen-bond donors (Lipinski definition) is 1. The van der Waals surface area contributed by atoms with Crippen molar-refractivity contribution in [3.05, 3.63) is 105 Å². The van der Waals surface area contributed by atoms with Gasteiger partial charge in [0.05, 0.1) is 28.7 Å². The molecule has 0 aromatic heterocycles. The predicted octanol–water partition coefficient (Wildman–Crippen LogP) is 4.85. The van der Waals surface area contributed by atoms with Gasteiger partial charge in [0.2, 0.25) is 0 Å². The Kier molecular flexibility index (Phi) is 7.19. The van der Waals surface area contributed by atoms with E-state index in [0.29, 0.717) is 0 Å². The van der Waals surface area contributed by atoms with Crippen molar-refractivity contribution in [3.8, 4) is 0 Å². The van der Waals surface area contributed by atoms with Crippen LogP contribution in [0.15, 0.2) is 77.8 Å². The van der Waals surface area contributed by atoms with Crippen LogP contribution < -0.4 is 5.32 Å². The van der Waals surface area contributed by atoms with Gasteiger partial charge in [0.25, 0.3) is 5.70 Å². The standard InChI is InChI=1S/C24H21F3N2O5/c1-3-34-23(31)21-18(13-19(30)15-9-5-4-6-10-15)28-14(2)22(29(32)33)20(21)16-11-7-8-12-17(16)24(25,26)27/h4-13,20-21,28H,3H2,1-2H3/t20-,21+/m0/s1. The maximum Gasteiger partial charge on any atom is 0.416 e. The average Bonchev–Trinajstić information content (AvgIpc) is 2.78. The summed E-state index contributed by atoms with van der Waals surface area (Å²) in [6, 6.07) is 12.4. The second kappa shape index (κ2) is 9.90. The number of ether oxygens (including phenoxy) is 1. The van der Waals surface area contributed by atoms with E-state index in [2.05, 4.69) is 5.32 Å². The van der Waals surface area contributed by atoms with Crippen LogP contribution in [0.3, 0.4) is 0 Å². The van der Waals surface area contributed by atoms with E-state index >= 15 is 0 Å². The minimum atomic E-state index is -4.83. The van der Waals surface area contributed by atoms with Gasteiger partial charge in [0.1, 0.15) is 5.92 Å². The number of nitrogens with one attached hydrogen (secondary N) is 1. The van der Waals surface area contributed by atoms with E-state index < -0.39 is 51.5 Å². The number of ketones is 1. The summed E-state index contributed by atoms with van der Waals surface area (Å²) >= 11 is 0. The molecule has 34 heavy (non-hydrogen) atoms. The van der Waals surface area contributed by atoms with E-state index in [1.54, 1.807) is 18.2 Å². The lowest BCUT2D eigenvalue weighted by Gasteiger charge is -2.33. The van der Waals surface area contributed by atoms with Gasteiger partial charge in [-0.3, -0.25) is 19.7 Å². The number of nitrogens with zero attached hydrogens (tertiary/aromatic N) is 1. The van der Waals surface area contributed by atoms with Crippen molar-refractivity contribution < 1.29 is 32.4 Å². The minimum Gasteiger partial charge on any atom is -0.465 e. The zero-order chi connectivity index (χ0) is 25.0. The van der Waals surface area contributed by atoms with Crippen LogP contribution in [-0.2, 0) is 15.7 Å². The molecule has 10 heteroatoms. The number of rotatable bonds is 6. The molecule has 0 spiro atoms. The number of benzene rings is 2. The second-order valence-electron chi connectivity index (χ2n) is 7.51. The Morgan fingerprint density at radius 3 is 2.32 bits per heavy atom. The molecule has 2 atom stereocenters. The normalized spacial score (nSPS) is 19.5. The Morgan fingerprint density at radius 2 is 1.74 bits per heavy atom. The number of halogens is 3. The fourth-order valence-electron chi connectivity index (χ4n) is 3.98. The zero-order valence-corrected chi connectivity index (χ0v) is 18.3. The molecular weight excluding hydrogens is 453 g/mol. The Morgan fingerprint density at radius 1 is 1.12 bits per heavy atom. The van der Waals surface area contributed by atoms with Crippen LogP contribution in [0.2, 0.25) is 0 Å². The van der Waals surface area contributed by atoms with Crippen molar-refractivity contribution in [2.75, 3.05) is 6.61 Å². The van der Waals surface area contributed by atoms with Crippen molar-refractivity contribution in [3.63, 3.8) is 0 Å². The highest BCUT2D eigenvalue weighted by Gasteiger charge is 2.49. The summed E-state index contributed by atoms with van der Waals surface area (Å²) in [7, 11) is 0. The quantitative estimate of drug-likeness (QED) is 0.211. The number of carbonyl (C=O) groups excluding carboxylic acids is 2. The lowest BCUT2D eigenvalue weighted by atomic mass is 9.76. The molecule has 1 aliphatic heterocycles. The van der Waals surface area contributed by atoms with Crippen LogP contribution in [0.25, 0.3) is 0 Å². The van der Waals surface area contributed by atoms with Gasteiger partial charge in [-0.2, -0.15) is 13.2 Å². The summed E-state index contributed by atoms with van der Waals surface area (Å²) in [4.78, 5) is 37.0. The van der Waals surface area contributed by atoms with Gasteiger partial charge in [-0.15, -0.1) is 0 Å². The molecule has 0 saturated carbocycles. The molecule has 0 unspecified atom stereocenters. The van der Waals surface area contributed by atoms with E-state index in [1.807, 2.05) is 0 Å². The first-order valence-corrected chi connectivity index (χ1v) is 10.3. The third kappa shape index (κ3) is 5.00. The van der Waals surface area contributed by atoms with Crippen LogP contribution in [0.1, 0.15) is 41.3 Å². The largest absolute Gasteiger partial charge is 0.465 e. The van der Waals surface area contributed by atoms with E-state index in [-0.39, 0.29) is 23.6 Å². The molecule has 2 aromatic rings. The maximum absolute atomic E-state index is 13.8. The molecule has 7 nitrogen and oxygen atoms in total. The molecule has 3 rings (SSSR count). The van der Waals surface area contributed by atoms with Gasteiger partial charge in [-0.05, 0) is 25.5 Å². The highest BCUT2D eigenvalue weighted by Crippen LogP contribution is 2.45.